The molecule has 1 saturated heterocycles. The number of hydrogen-bond acceptors (Lipinski definition) is 1. The predicted octanol–water partition coefficient (Wildman–Crippen LogP) is 1.74. The molecular formula is C8H17N. The second-order valence-electron chi connectivity index (χ2n) is 3.36. The van der Waals surface area contributed by atoms with E-state index in [-0.39, 0.29) is 0 Å². The average molecular weight is 127 g/mol. The van der Waals surface area contributed by atoms with Crippen LogP contribution in [0.25, 0.3) is 0 Å². The zero-order valence-corrected chi connectivity index (χ0v) is 6.56. The second kappa shape index (κ2) is 3.21. The van der Waals surface area contributed by atoms with Crippen molar-refractivity contribution < 1.29 is 0 Å². The summed E-state index contributed by atoms with van der Waals surface area (Å²) in [5, 5.41) is 0. The summed E-state index contributed by atoms with van der Waals surface area (Å²) < 4.78 is 0. The third-order valence-electron chi connectivity index (χ3n) is 2.11. The molecule has 1 heterocycles. The molecule has 1 atom stereocenters. The highest BCUT2D eigenvalue weighted by Crippen LogP contribution is 2.13. The van der Waals surface area contributed by atoms with Crippen LogP contribution in [-0.4, -0.2) is 25.0 Å². The summed E-state index contributed by atoms with van der Waals surface area (Å²) in [7, 11) is 2.22. The molecule has 1 rings (SSSR count). The van der Waals surface area contributed by atoms with Crippen LogP contribution in [0.15, 0.2) is 0 Å². The van der Waals surface area contributed by atoms with Gasteiger partial charge in [-0.3, -0.25) is 0 Å². The minimum Gasteiger partial charge on any atom is -0.306 e. The lowest BCUT2D eigenvalue weighted by Gasteiger charge is -2.15. The Morgan fingerprint density at radius 3 is 2.89 bits per heavy atom. The first kappa shape index (κ1) is 7.07. The minimum atomic E-state index is 0.928. The van der Waals surface area contributed by atoms with Gasteiger partial charge in [0.2, 0.25) is 0 Å². The highest BCUT2D eigenvalue weighted by atomic mass is 15.1. The van der Waals surface area contributed by atoms with Crippen LogP contribution >= 0.6 is 0 Å². The second-order valence-corrected chi connectivity index (χ2v) is 3.36. The summed E-state index contributed by atoms with van der Waals surface area (Å²) in [5.74, 6) is 0.928. The van der Waals surface area contributed by atoms with Crippen LogP contribution in [0, 0.1) is 5.92 Å². The number of hydrogen-bond donors (Lipinski definition) is 0. The molecule has 9 heavy (non-hydrogen) atoms. The van der Waals surface area contributed by atoms with Gasteiger partial charge in [0.25, 0.3) is 0 Å². The van der Waals surface area contributed by atoms with E-state index in [0.29, 0.717) is 0 Å². The standard InChI is InChI=1S/C8H17N/c1-8-5-3-4-6-9(2)7-8/h8H,3-7H2,1-2H3/t8-/m1/s1. The zero-order valence-electron chi connectivity index (χ0n) is 6.56. The van der Waals surface area contributed by atoms with Crippen LogP contribution in [0.3, 0.4) is 0 Å². The van der Waals surface area contributed by atoms with E-state index in [1.807, 2.05) is 0 Å². The van der Waals surface area contributed by atoms with Crippen molar-refractivity contribution in [1.29, 1.82) is 0 Å². The van der Waals surface area contributed by atoms with Crippen molar-refractivity contribution >= 4 is 0 Å². The molecule has 0 saturated carbocycles. The van der Waals surface area contributed by atoms with Gasteiger partial charge in [0, 0.05) is 6.54 Å². The molecule has 0 N–H and O–H groups in total. The van der Waals surface area contributed by atoms with Crippen LogP contribution in [0.4, 0.5) is 0 Å². The van der Waals surface area contributed by atoms with E-state index in [1.165, 1.54) is 32.4 Å². The Balaban J connectivity index is 2.29. The Hall–Kier alpha value is -0.0400. The van der Waals surface area contributed by atoms with Crippen LogP contribution in [0.2, 0.25) is 0 Å². The maximum atomic E-state index is 2.44. The van der Waals surface area contributed by atoms with Crippen molar-refractivity contribution in [3.05, 3.63) is 0 Å². The lowest BCUT2D eigenvalue weighted by atomic mass is 10.1. The third-order valence-corrected chi connectivity index (χ3v) is 2.11. The van der Waals surface area contributed by atoms with Crippen LogP contribution in [-0.2, 0) is 0 Å². The monoisotopic (exact) mass is 127 g/mol. The van der Waals surface area contributed by atoms with Crippen molar-refractivity contribution in [2.24, 2.45) is 5.92 Å². The van der Waals surface area contributed by atoms with Gasteiger partial charge in [0.05, 0.1) is 0 Å². The van der Waals surface area contributed by atoms with Gasteiger partial charge in [0.15, 0.2) is 0 Å². The highest BCUT2D eigenvalue weighted by molar-refractivity contribution is 4.64. The van der Waals surface area contributed by atoms with E-state index in [0.717, 1.165) is 5.92 Å². The predicted molar refractivity (Wildman–Crippen MR) is 40.5 cm³/mol. The molecule has 1 aliphatic heterocycles. The van der Waals surface area contributed by atoms with Crippen LogP contribution < -0.4 is 0 Å². The fourth-order valence-electron chi connectivity index (χ4n) is 1.59. The summed E-state index contributed by atoms with van der Waals surface area (Å²) in [6.07, 6.45) is 4.27. The van der Waals surface area contributed by atoms with Crippen LogP contribution in [0.1, 0.15) is 26.2 Å². The van der Waals surface area contributed by atoms with E-state index in [1.54, 1.807) is 0 Å². The zero-order chi connectivity index (χ0) is 6.69. The van der Waals surface area contributed by atoms with Crippen LogP contribution in [0.5, 0.6) is 0 Å². The first-order valence-electron chi connectivity index (χ1n) is 3.97. The minimum absolute atomic E-state index is 0.928. The van der Waals surface area contributed by atoms with E-state index in [9.17, 15) is 0 Å². The molecule has 1 fully saturated rings. The molecule has 0 aromatic rings. The average Bonchev–Trinajstić information content (AvgIpc) is 1.93. The first-order valence-corrected chi connectivity index (χ1v) is 3.97. The molecule has 0 aliphatic carbocycles. The third kappa shape index (κ3) is 2.35. The van der Waals surface area contributed by atoms with Gasteiger partial charge in [-0.25, -0.2) is 0 Å². The first-order chi connectivity index (χ1) is 4.29. The highest BCUT2D eigenvalue weighted by Gasteiger charge is 2.09. The fraction of sp³-hybridized carbons (Fsp3) is 1.00. The Bertz CT molecular complexity index is 70.6. The van der Waals surface area contributed by atoms with Crippen molar-refractivity contribution in [2.75, 3.05) is 20.1 Å². The Labute approximate surface area is 58.0 Å². The molecule has 1 aliphatic rings. The van der Waals surface area contributed by atoms with E-state index < -0.39 is 0 Å². The Kier molecular flexibility index (Phi) is 2.52. The van der Waals surface area contributed by atoms with Gasteiger partial charge in [-0.15, -0.1) is 0 Å². The van der Waals surface area contributed by atoms with Crippen molar-refractivity contribution in [3.63, 3.8) is 0 Å². The quantitative estimate of drug-likeness (QED) is 0.479. The van der Waals surface area contributed by atoms with E-state index >= 15 is 0 Å². The number of rotatable bonds is 0. The normalized spacial score (nSPS) is 32.0. The molecule has 1 nitrogen and oxygen atoms in total. The molecule has 0 aromatic heterocycles. The number of nitrogens with zero attached hydrogens (tertiary/aromatic N) is 1. The summed E-state index contributed by atoms with van der Waals surface area (Å²) in [5.41, 5.74) is 0. The smallest absolute Gasteiger partial charge is 0.000397 e. The molecule has 54 valence electrons. The van der Waals surface area contributed by atoms with Crippen molar-refractivity contribution in [1.82, 2.24) is 4.90 Å². The molecule has 0 aromatic carbocycles. The van der Waals surface area contributed by atoms with E-state index in [4.69, 9.17) is 0 Å². The SMILES string of the molecule is C[C@@H]1CCCCN(C)C1. The van der Waals surface area contributed by atoms with Gasteiger partial charge in [-0.1, -0.05) is 13.3 Å². The topological polar surface area (TPSA) is 3.24 Å². The lowest BCUT2D eigenvalue weighted by Crippen LogP contribution is -2.22. The molecule has 0 radical (unpaired) electrons. The van der Waals surface area contributed by atoms with Gasteiger partial charge in [0.1, 0.15) is 0 Å². The molecule has 0 spiro atoms. The van der Waals surface area contributed by atoms with Gasteiger partial charge in [-0.05, 0) is 32.4 Å². The number of likely N-dealkylation sites (tertiary alicyclic amines) is 1. The summed E-state index contributed by atoms with van der Waals surface area (Å²) in [6, 6.07) is 0. The summed E-state index contributed by atoms with van der Waals surface area (Å²) in [4.78, 5) is 2.44. The maximum Gasteiger partial charge on any atom is 0.000397 e. The van der Waals surface area contributed by atoms with Gasteiger partial charge < -0.3 is 4.90 Å². The van der Waals surface area contributed by atoms with Crippen molar-refractivity contribution in [3.8, 4) is 0 Å². The van der Waals surface area contributed by atoms with Crippen molar-refractivity contribution in [2.45, 2.75) is 26.2 Å². The fourth-order valence-corrected chi connectivity index (χ4v) is 1.59. The lowest BCUT2D eigenvalue weighted by molar-refractivity contribution is 0.310. The molecule has 0 amide bonds. The molecule has 1 heteroatoms. The largest absolute Gasteiger partial charge is 0.306 e. The van der Waals surface area contributed by atoms with E-state index in [2.05, 4.69) is 18.9 Å². The Morgan fingerprint density at radius 2 is 2.11 bits per heavy atom. The Morgan fingerprint density at radius 1 is 1.33 bits per heavy atom. The van der Waals surface area contributed by atoms with Gasteiger partial charge >= 0.3 is 0 Å². The maximum absolute atomic E-state index is 2.44. The van der Waals surface area contributed by atoms with Gasteiger partial charge in [-0.2, -0.15) is 0 Å². The molecular weight excluding hydrogens is 110 g/mol. The molecule has 0 unspecified atom stereocenters. The summed E-state index contributed by atoms with van der Waals surface area (Å²) >= 11 is 0. The molecule has 0 bridgehead atoms. The summed E-state index contributed by atoms with van der Waals surface area (Å²) in [6.45, 7) is 4.96.